The minimum absolute atomic E-state index is 0.137. The van der Waals surface area contributed by atoms with Crippen LogP contribution in [0.1, 0.15) is 31.4 Å². The smallest absolute Gasteiger partial charge is 0.326 e. The van der Waals surface area contributed by atoms with Gasteiger partial charge < -0.3 is 14.7 Å². The molecule has 1 aromatic carbocycles. The molecule has 2 rings (SSSR count). The Labute approximate surface area is 153 Å². The highest BCUT2D eigenvalue weighted by molar-refractivity contribution is 5.86. The summed E-state index contributed by atoms with van der Waals surface area (Å²) in [7, 11) is 4.77. The zero-order chi connectivity index (χ0) is 19.5. The normalized spacial score (nSPS) is 25.9. The first kappa shape index (κ1) is 20.3. The van der Waals surface area contributed by atoms with E-state index in [0.717, 1.165) is 5.56 Å². The molecule has 1 aliphatic heterocycles. The number of halogens is 1. The molecule has 0 spiro atoms. The van der Waals surface area contributed by atoms with Crippen molar-refractivity contribution in [3.05, 3.63) is 35.6 Å². The fraction of sp³-hybridized carbons (Fsp3) is 0.579. The van der Waals surface area contributed by atoms with Gasteiger partial charge in [-0.3, -0.25) is 14.5 Å². The largest absolute Gasteiger partial charge is 0.468 e. The second-order valence-corrected chi connectivity index (χ2v) is 6.78. The van der Waals surface area contributed by atoms with Crippen LogP contribution in [0.3, 0.4) is 0 Å². The number of nitrogens with zero attached hydrogens (tertiary/aromatic N) is 2. The Bertz CT molecular complexity index is 651. The Hall–Kier alpha value is -1.99. The monoisotopic (exact) mass is 366 g/mol. The van der Waals surface area contributed by atoms with E-state index in [1.54, 1.807) is 26.2 Å². The molecular weight excluding hydrogens is 339 g/mol. The number of amides is 1. The van der Waals surface area contributed by atoms with Crippen molar-refractivity contribution in [1.29, 1.82) is 0 Å². The maximum Gasteiger partial charge on any atom is 0.326 e. The molecule has 1 N–H and O–H groups in total. The van der Waals surface area contributed by atoms with Gasteiger partial charge in [-0.2, -0.15) is 0 Å². The summed E-state index contributed by atoms with van der Waals surface area (Å²) in [6.07, 6.45) is 0.796. The van der Waals surface area contributed by atoms with Gasteiger partial charge in [0.1, 0.15) is 11.4 Å². The number of aliphatic hydroxyl groups excluding tert-OH is 1. The van der Waals surface area contributed by atoms with Gasteiger partial charge in [0.05, 0.1) is 19.6 Å². The summed E-state index contributed by atoms with van der Waals surface area (Å²) in [6.45, 7) is 1.97. The number of hydrogen-bond acceptors (Lipinski definition) is 5. The summed E-state index contributed by atoms with van der Waals surface area (Å²) in [5, 5.41) is 9.15. The number of carbonyl (C=O) groups excluding carboxylic acids is 2. The van der Waals surface area contributed by atoms with Crippen LogP contribution >= 0.6 is 0 Å². The van der Waals surface area contributed by atoms with Gasteiger partial charge in [0.25, 0.3) is 0 Å². The molecule has 1 heterocycles. The van der Waals surface area contributed by atoms with E-state index in [4.69, 9.17) is 9.84 Å². The van der Waals surface area contributed by atoms with Crippen molar-refractivity contribution in [3.63, 3.8) is 0 Å². The van der Waals surface area contributed by atoms with Crippen LogP contribution in [0, 0.1) is 11.7 Å². The number of likely N-dealkylation sites (tertiary alicyclic amines) is 1. The molecule has 1 aromatic rings. The van der Waals surface area contributed by atoms with E-state index < -0.39 is 11.5 Å². The van der Waals surface area contributed by atoms with Gasteiger partial charge in [-0.05, 0) is 37.6 Å². The third-order valence-electron chi connectivity index (χ3n) is 5.52. The molecule has 144 valence electrons. The summed E-state index contributed by atoms with van der Waals surface area (Å²) in [5.41, 5.74) is -0.155. The molecule has 0 aromatic heterocycles. The Kier molecular flexibility index (Phi) is 6.36. The van der Waals surface area contributed by atoms with Crippen LogP contribution < -0.4 is 0 Å². The molecule has 0 bridgehead atoms. The molecule has 1 saturated heterocycles. The van der Waals surface area contributed by atoms with E-state index in [2.05, 4.69) is 0 Å². The van der Waals surface area contributed by atoms with Crippen molar-refractivity contribution in [3.8, 4) is 0 Å². The Morgan fingerprint density at radius 3 is 2.50 bits per heavy atom. The van der Waals surface area contributed by atoms with Crippen LogP contribution in [-0.4, -0.2) is 66.7 Å². The van der Waals surface area contributed by atoms with Crippen LogP contribution in [0.4, 0.5) is 4.39 Å². The molecule has 6 nitrogen and oxygen atoms in total. The van der Waals surface area contributed by atoms with E-state index in [1.807, 2.05) is 11.8 Å². The van der Waals surface area contributed by atoms with Gasteiger partial charge in [-0.15, -0.1) is 0 Å². The first-order valence-corrected chi connectivity index (χ1v) is 8.75. The molecule has 0 aliphatic carbocycles. The zero-order valence-electron chi connectivity index (χ0n) is 15.7. The van der Waals surface area contributed by atoms with Gasteiger partial charge in [0.15, 0.2) is 0 Å². The van der Waals surface area contributed by atoms with Crippen molar-refractivity contribution in [2.45, 2.75) is 31.3 Å². The lowest BCUT2D eigenvalue weighted by atomic mass is 9.86. The van der Waals surface area contributed by atoms with Crippen LogP contribution in [0.2, 0.25) is 0 Å². The minimum Gasteiger partial charge on any atom is -0.468 e. The summed E-state index contributed by atoms with van der Waals surface area (Å²) in [4.78, 5) is 28.9. The number of esters is 1. The predicted octanol–water partition coefficient (Wildman–Crippen LogP) is 1.59. The van der Waals surface area contributed by atoms with Crippen molar-refractivity contribution in [1.82, 2.24) is 9.80 Å². The predicted molar refractivity (Wildman–Crippen MR) is 94.8 cm³/mol. The van der Waals surface area contributed by atoms with Crippen molar-refractivity contribution < 1.29 is 23.8 Å². The molecular formula is C19H27FN2O4. The third kappa shape index (κ3) is 3.46. The highest BCUT2D eigenvalue weighted by Crippen LogP contribution is 2.48. The van der Waals surface area contributed by atoms with Crippen LogP contribution in [0.25, 0.3) is 0 Å². The second kappa shape index (κ2) is 8.14. The highest BCUT2D eigenvalue weighted by atomic mass is 19.1. The van der Waals surface area contributed by atoms with Gasteiger partial charge >= 0.3 is 5.97 Å². The molecule has 3 atom stereocenters. The van der Waals surface area contributed by atoms with Crippen LogP contribution in [0.15, 0.2) is 24.3 Å². The van der Waals surface area contributed by atoms with Crippen LogP contribution in [0.5, 0.6) is 0 Å². The molecule has 1 amide bonds. The maximum absolute atomic E-state index is 13.4. The van der Waals surface area contributed by atoms with E-state index >= 15 is 0 Å². The fourth-order valence-electron chi connectivity index (χ4n) is 3.99. The summed E-state index contributed by atoms with van der Waals surface area (Å²) < 4.78 is 18.4. The Balaban J connectivity index is 2.49. The van der Waals surface area contributed by atoms with E-state index in [0.29, 0.717) is 12.8 Å². The lowest BCUT2D eigenvalue weighted by Crippen LogP contribution is -2.49. The molecule has 1 fully saturated rings. The zero-order valence-corrected chi connectivity index (χ0v) is 15.7. The van der Waals surface area contributed by atoms with Crippen molar-refractivity contribution in [2.24, 2.45) is 5.92 Å². The number of ether oxygens (including phenoxy) is 1. The number of rotatable bonds is 6. The van der Waals surface area contributed by atoms with E-state index in [9.17, 15) is 14.0 Å². The van der Waals surface area contributed by atoms with Crippen molar-refractivity contribution in [2.75, 3.05) is 34.4 Å². The topological polar surface area (TPSA) is 70.1 Å². The first-order valence-electron chi connectivity index (χ1n) is 8.75. The summed E-state index contributed by atoms with van der Waals surface area (Å²) >= 11 is 0. The molecule has 0 radical (unpaired) electrons. The lowest BCUT2D eigenvalue weighted by molar-refractivity contribution is -0.153. The third-order valence-corrected chi connectivity index (χ3v) is 5.52. The van der Waals surface area contributed by atoms with Gasteiger partial charge in [-0.1, -0.05) is 19.1 Å². The number of hydrogen-bond donors (Lipinski definition) is 1. The average molecular weight is 366 g/mol. The molecule has 7 heteroatoms. The van der Waals surface area contributed by atoms with E-state index in [-0.39, 0.29) is 36.9 Å². The molecule has 0 saturated carbocycles. The first-order chi connectivity index (χ1) is 12.3. The quantitative estimate of drug-likeness (QED) is 0.775. The highest BCUT2D eigenvalue weighted by Gasteiger charge is 2.56. The number of aliphatic hydroxyl groups is 1. The fourth-order valence-corrected chi connectivity index (χ4v) is 3.99. The summed E-state index contributed by atoms with van der Waals surface area (Å²) in [6, 6.07) is 5.61. The maximum atomic E-state index is 13.4. The average Bonchev–Trinajstić information content (AvgIpc) is 2.95. The van der Waals surface area contributed by atoms with Crippen LogP contribution in [-0.2, 0) is 14.3 Å². The van der Waals surface area contributed by atoms with Gasteiger partial charge in [0.2, 0.25) is 5.91 Å². The minimum atomic E-state index is -0.922. The molecule has 26 heavy (non-hydrogen) atoms. The molecule has 0 unspecified atom stereocenters. The Morgan fingerprint density at radius 2 is 2.00 bits per heavy atom. The van der Waals surface area contributed by atoms with Crippen molar-refractivity contribution >= 4 is 11.9 Å². The lowest BCUT2D eigenvalue weighted by Gasteiger charge is -2.35. The molecule has 1 aliphatic rings. The second-order valence-electron chi connectivity index (χ2n) is 6.78. The standard InChI is InChI=1S/C19H27FN2O4/c1-5-19(18(25)26-4)12-15(17(24)21(2)10-11-23)16(22(19)3)13-6-8-14(20)9-7-13/h6-9,15-16,23H,5,10-12H2,1-4H3/t15-,16-,19-/m0/s1. The van der Waals surface area contributed by atoms with Gasteiger partial charge in [-0.25, -0.2) is 4.39 Å². The number of carbonyl (C=O) groups is 2. The number of benzene rings is 1. The summed E-state index contributed by atoms with van der Waals surface area (Å²) in [5.74, 6) is -1.39. The Morgan fingerprint density at radius 1 is 1.38 bits per heavy atom. The number of likely N-dealkylation sites (N-methyl/N-ethyl adjacent to an activating group) is 2. The SMILES string of the molecule is CC[C@@]1(C(=O)OC)C[C@H](C(=O)N(C)CCO)[C@H](c2ccc(F)cc2)N1C. The van der Waals surface area contributed by atoms with E-state index in [1.165, 1.54) is 24.1 Å². The number of methoxy groups -OCH3 is 1. The van der Waals surface area contributed by atoms with Gasteiger partial charge in [0, 0.05) is 19.6 Å².